The summed E-state index contributed by atoms with van der Waals surface area (Å²) in [6.07, 6.45) is 0.800. The molecule has 1 aromatic rings. The van der Waals surface area contributed by atoms with Crippen molar-refractivity contribution >= 4 is 45.5 Å². The van der Waals surface area contributed by atoms with Crippen LogP contribution in [0.15, 0.2) is 33.3 Å². The lowest BCUT2D eigenvalue weighted by molar-refractivity contribution is -0.150. The molecule has 0 aliphatic carbocycles. The lowest BCUT2D eigenvalue weighted by atomic mass is 9.78. The molecule has 0 aromatic heterocycles. The highest BCUT2D eigenvalue weighted by molar-refractivity contribution is 9.10. The molecule has 30 heavy (non-hydrogen) atoms. The van der Waals surface area contributed by atoms with Crippen LogP contribution in [0.5, 0.6) is 5.75 Å². The Balaban J connectivity index is 2.48. The number of rotatable bonds is 8. The van der Waals surface area contributed by atoms with Gasteiger partial charge in [0.05, 0.1) is 41.1 Å². The lowest BCUT2D eigenvalue weighted by Gasteiger charge is -2.31. The van der Waals surface area contributed by atoms with Gasteiger partial charge in [0.1, 0.15) is 11.7 Å². The number of carbonyl (C=O) groups is 3. The number of hydrogen-bond donors (Lipinski definition) is 2. The molecular weight excluding hydrogens is 474 g/mol. The average Bonchev–Trinajstić information content (AvgIpc) is 2.74. The van der Waals surface area contributed by atoms with Crippen molar-refractivity contribution in [1.82, 2.24) is 10.6 Å². The lowest BCUT2D eigenvalue weighted by Crippen LogP contribution is -2.44. The van der Waals surface area contributed by atoms with Gasteiger partial charge in [0, 0.05) is 12.5 Å². The van der Waals surface area contributed by atoms with Crippen LogP contribution in [0.25, 0.3) is 0 Å². The van der Waals surface area contributed by atoms with Gasteiger partial charge in [-0.1, -0.05) is 24.8 Å². The van der Waals surface area contributed by atoms with Crippen molar-refractivity contribution in [2.45, 2.75) is 19.3 Å². The third-order valence-electron chi connectivity index (χ3n) is 4.44. The Bertz CT molecular complexity index is 912. The van der Waals surface area contributed by atoms with Crippen LogP contribution in [0.3, 0.4) is 0 Å². The molecule has 160 valence electrons. The SMILES string of the molecule is CCCNC(=O)CSC1=C(C#N)[C@@H](c2ccc(OC)c(Br)c2)[C@@H](C(=O)OC)C(=O)N1. The minimum atomic E-state index is -1.23. The summed E-state index contributed by atoms with van der Waals surface area (Å²) < 4.78 is 10.7. The Hall–Kier alpha value is -2.51. The average molecular weight is 496 g/mol. The number of amides is 2. The predicted octanol–water partition coefficient (Wildman–Crippen LogP) is 2.45. The molecule has 0 saturated heterocycles. The molecule has 2 atom stereocenters. The number of nitrogens with one attached hydrogen (secondary N) is 2. The van der Waals surface area contributed by atoms with Crippen molar-refractivity contribution in [2.75, 3.05) is 26.5 Å². The van der Waals surface area contributed by atoms with Crippen LogP contribution < -0.4 is 15.4 Å². The van der Waals surface area contributed by atoms with Gasteiger partial charge >= 0.3 is 5.97 Å². The topological polar surface area (TPSA) is 118 Å². The van der Waals surface area contributed by atoms with E-state index in [4.69, 9.17) is 9.47 Å². The number of carbonyl (C=O) groups excluding carboxylic acids is 3. The van der Waals surface area contributed by atoms with Gasteiger partial charge < -0.3 is 20.1 Å². The van der Waals surface area contributed by atoms with E-state index in [1.807, 2.05) is 6.92 Å². The van der Waals surface area contributed by atoms with Crippen LogP contribution >= 0.6 is 27.7 Å². The molecule has 1 heterocycles. The Kier molecular flexibility index (Phi) is 8.74. The highest BCUT2D eigenvalue weighted by atomic mass is 79.9. The van der Waals surface area contributed by atoms with Crippen molar-refractivity contribution in [1.29, 1.82) is 5.26 Å². The molecule has 1 aliphatic rings. The molecule has 0 fully saturated rings. The minimum absolute atomic E-state index is 0.0305. The molecule has 0 unspecified atom stereocenters. The molecule has 8 nitrogen and oxygen atoms in total. The van der Waals surface area contributed by atoms with Crippen LogP contribution in [0, 0.1) is 17.2 Å². The minimum Gasteiger partial charge on any atom is -0.496 e. The quantitative estimate of drug-likeness (QED) is 0.420. The van der Waals surface area contributed by atoms with Crippen molar-refractivity contribution in [3.8, 4) is 11.8 Å². The van der Waals surface area contributed by atoms with Gasteiger partial charge in [0.2, 0.25) is 11.8 Å². The van der Waals surface area contributed by atoms with Crippen molar-refractivity contribution in [3.63, 3.8) is 0 Å². The monoisotopic (exact) mass is 495 g/mol. The smallest absolute Gasteiger partial charge is 0.319 e. The molecule has 0 saturated carbocycles. The molecule has 0 radical (unpaired) electrons. The molecule has 1 aliphatic heterocycles. The Morgan fingerprint density at radius 2 is 2.10 bits per heavy atom. The van der Waals surface area contributed by atoms with Crippen LogP contribution in [-0.4, -0.2) is 44.3 Å². The zero-order valence-electron chi connectivity index (χ0n) is 16.8. The van der Waals surface area contributed by atoms with E-state index in [1.54, 1.807) is 18.2 Å². The maximum Gasteiger partial charge on any atom is 0.319 e. The van der Waals surface area contributed by atoms with Gasteiger partial charge in [0.25, 0.3) is 0 Å². The molecule has 10 heteroatoms. The van der Waals surface area contributed by atoms with E-state index in [9.17, 15) is 19.6 Å². The fourth-order valence-corrected chi connectivity index (χ4v) is 4.45. The summed E-state index contributed by atoms with van der Waals surface area (Å²) >= 11 is 4.44. The molecule has 2 N–H and O–H groups in total. The molecule has 2 rings (SSSR count). The Morgan fingerprint density at radius 3 is 2.67 bits per heavy atom. The molecule has 0 bridgehead atoms. The first-order valence-electron chi connectivity index (χ1n) is 9.13. The number of ether oxygens (including phenoxy) is 2. The summed E-state index contributed by atoms with van der Waals surface area (Å²) in [6, 6.07) is 7.18. The van der Waals surface area contributed by atoms with Gasteiger partial charge in [-0.25, -0.2) is 0 Å². The van der Waals surface area contributed by atoms with Crippen LogP contribution in [0.4, 0.5) is 0 Å². The zero-order valence-corrected chi connectivity index (χ0v) is 19.2. The fourth-order valence-electron chi connectivity index (χ4n) is 3.01. The maximum atomic E-state index is 12.8. The molecule has 0 spiro atoms. The van der Waals surface area contributed by atoms with Crippen LogP contribution in [-0.2, 0) is 19.1 Å². The zero-order chi connectivity index (χ0) is 22.3. The second-order valence-corrected chi connectivity index (χ2v) is 8.19. The third kappa shape index (κ3) is 5.34. The summed E-state index contributed by atoms with van der Waals surface area (Å²) in [5.41, 5.74) is 0.758. The number of halogens is 1. The number of thioether (sulfide) groups is 1. The first kappa shape index (κ1) is 23.8. The number of nitrogens with zero attached hydrogens (tertiary/aromatic N) is 1. The summed E-state index contributed by atoms with van der Waals surface area (Å²) in [4.78, 5) is 37.1. The second-order valence-electron chi connectivity index (χ2n) is 6.35. The van der Waals surface area contributed by atoms with E-state index in [2.05, 4.69) is 32.6 Å². The number of benzene rings is 1. The van der Waals surface area contributed by atoms with E-state index in [0.29, 0.717) is 22.3 Å². The normalized spacial score (nSPS) is 18.3. The number of hydrogen-bond acceptors (Lipinski definition) is 7. The number of allylic oxidation sites excluding steroid dienone is 1. The van der Waals surface area contributed by atoms with E-state index >= 15 is 0 Å². The predicted molar refractivity (Wildman–Crippen MR) is 115 cm³/mol. The number of methoxy groups -OCH3 is 2. The maximum absolute atomic E-state index is 12.8. The number of esters is 1. The highest BCUT2D eigenvalue weighted by Crippen LogP contribution is 2.41. The molecule has 2 amide bonds. The summed E-state index contributed by atoms with van der Waals surface area (Å²) in [5, 5.41) is 15.5. The van der Waals surface area contributed by atoms with E-state index in [1.165, 1.54) is 14.2 Å². The number of nitriles is 1. The van der Waals surface area contributed by atoms with Gasteiger partial charge in [-0.05, 0) is 40.0 Å². The van der Waals surface area contributed by atoms with E-state index < -0.39 is 23.7 Å². The van der Waals surface area contributed by atoms with Crippen molar-refractivity contribution in [2.24, 2.45) is 5.92 Å². The van der Waals surface area contributed by atoms with Crippen LogP contribution in [0.2, 0.25) is 0 Å². The van der Waals surface area contributed by atoms with Crippen molar-refractivity contribution in [3.05, 3.63) is 38.8 Å². The summed E-state index contributed by atoms with van der Waals surface area (Å²) in [7, 11) is 2.71. The highest BCUT2D eigenvalue weighted by Gasteiger charge is 2.44. The second kappa shape index (κ2) is 11.0. The molecule has 1 aromatic carbocycles. The Morgan fingerprint density at radius 1 is 1.37 bits per heavy atom. The Labute approximate surface area is 187 Å². The first-order valence-corrected chi connectivity index (χ1v) is 10.9. The van der Waals surface area contributed by atoms with Gasteiger partial charge in [-0.2, -0.15) is 5.26 Å². The van der Waals surface area contributed by atoms with E-state index in [-0.39, 0.29) is 22.3 Å². The van der Waals surface area contributed by atoms with Crippen molar-refractivity contribution < 1.29 is 23.9 Å². The molecular formula is C20H22BrN3O5S. The van der Waals surface area contributed by atoms with Gasteiger partial charge in [-0.15, -0.1) is 0 Å². The van der Waals surface area contributed by atoms with Gasteiger partial charge in [-0.3, -0.25) is 14.4 Å². The first-order chi connectivity index (χ1) is 14.4. The summed E-state index contributed by atoms with van der Waals surface area (Å²) in [6.45, 7) is 2.48. The largest absolute Gasteiger partial charge is 0.496 e. The van der Waals surface area contributed by atoms with Crippen LogP contribution in [0.1, 0.15) is 24.8 Å². The van der Waals surface area contributed by atoms with Gasteiger partial charge in [0.15, 0.2) is 0 Å². The van der Waals surface area contributed by atoms with E-state index in [0.717, 1.165) is 18.2 Å². The fraction of sp³-hybridized carbons (Fsp3) is 0.400. The third-order valence-corrected chi connectivity index (χ3v) is 6.08. The standard InChI is InChI=1S/C20H22BrN3O5S/c1-4-7-23-15(25)10-30-19-12(9-22)16(17(18(26)24-19)20(27)29-3)11-5-6-14(28-2)13(21)8-11/h5-6,8,16-17H,4,7,10H2,1-3H3,(H,23,25)(H,24,26)/t16-,17-/m1/s1. The summed E-state index contributed by atoms with van der Waals surface area (Å²) in [5.74, 6) is -3.04.